The van der Waals surface area contributed by atoms with Gasteiger partial charge in [0.15, 0.2) is 23.1 Å². The van der Waals surface area contributed by atoms with Crippen LogP contribution >= 0.6 is 0 Å². The van der Waals surface area contributed by atoms with Crippen LogP contribution < -0.4 is 20.1 Å². The first-order chi connectivity index (χ1) is 19.4. The molecule has 1 N–H and O–H groups in total. The lowest BCUT2D eigenvalue weighted by Gasteiger charge is -2.51. The van der Waals surface area contributed by atoms with E-state index in [1.807, 2.05) is 23.1 Å². The summed E-state index contributed by atoms with van der Waals surface area (Å²) in [5, 5.41) is 12.6. The molecule has 3 atom stereocenters. The molecule has 1 fully saturated rings. The molecule has 0 spiro atoms. The van der Waals surface area contributed by atoms with Gasteiger partial charge in [0.2, 0.25) is 5.43 Å². The highest BCUT2D eigenvalue weighted by atomic mass is 19.2. The van der Waals surface area contributed by atoms with Gasteiger partial charge in [-0.05, 0) is 17.7 Å². The van der Waals surface area contributed by atoms with E-state index in [0.717, 1.165) is 6.07 Å². The summed E-state index contributed by atoms with van der Waals surface area (Å²) in [6.45, 7) is 1.26. The van der Waals surface area contributed by atoms with Crippen LogP contribution in [0.5, 0.6) is 11.5 Å². The highest BCUT2D eigenvalue weighted by molar-refractivity contribution is 5.96. The third-order valence-corrected chi connectivity index (χ3v) is 8.14. The Morgan fingerprint density at radius 1 is 1.07 bits per heavy atom. The number of amides is 1. The quantitative estimate of drug-likeness (QED) is 0.528. The fraction of sp³-hybridized carbons (Fsp3) is 0.357. The molecule has 0 radical (unpaired) electrons. The molecule has 0 bridgehead atoms. The van der Waals surface area contributed by atoms with Crippen molar-refractivity contribution in [3.8, 4) is 11.5 Å². The highest BCUT2D eigenvalue weighted by Crippen LogP contribution is 2.49. The first-order valence-electron chi connectivity index (χ1n) is 13.0. The van der Waals surface area contributed by atoms with E-state index in [1.165, 1.54) is 16.9 Å². The Morgan fingerprint density at radius 3 is 2.75 bits per heavy atom. The summed E-state index contributed by atoms with van der Waals surface area (Å²) in [4.78, 5) is 29.5. The molecule has 3 aromatic rings. The topological polar surface area (TPSA) is 96.7 Å². The zero-order valence-electron chi connectivity index (χ0n) is 21.5. The number of nitrogens with zero attached hydrogens (tertiary/aromatic N) is 4. The molecule has 7 rings (SSSR count). The third kappa shape index (κ3) is 3.45. The Morgan fingerprint density at radius 2 is 1.93 bits per heavy atom. The Bertz CT molecular complexity index is 1600. The molecule has 1 saturated heterocycles. The number of benzene rings is 2. The normalized spacial score (nSPS) is 23.0. The van der Waals surface area contributed by atoms with Crippen LogP contribution in [0.2, 0.25) is 0 Å². The van der Waals surface area contributed by atoms with Gasteiger partial charge in [-0.25, -0.2) is 8.78 Å². The van der Waals surface area contributed by atoms with Crippen LogP contribution in [0.4, 0.5) is 14.5 Å². The van der Waals surface area contributed by atoms with Gasteiger partial charge in [0.05, 0.1) is 31.5 Å². The second-order valence-electron chi connectivity index (χ2n) is 10.2. The van der Waals surface area contributed by atoms with E-state index in [0.29, 0.717) is 35.8 Å². The first kappa shape index (κ1) is 24.9. The zero-order chi connectivity index (χ0) is 27.7. The van der Waals surface area contributed by atoms with E-state index in [1.54, 1.807) is 23.1 Å². The summed E-state index contributed by atoms with van der Waals surface area (Å²) in [6.07, 6.45) is 0.742. The van der Waals surface area contributed by atoms with E-state index in [2.05, 4.69) is 0 Å². The molecule has 2 unspecified atom stereocenters. The molecule has 12 heteroatoms. The van der Waals surface area contributed by atoms with Crippen LogP contribution in [0.1, 0.15) is 33.2 Å². The summed E-state index contributed by atoms with van der Waals surface area (Å²) < 4.78 is 49.3. The van der Waals surface area contributed by atoms with Crippen molar-refractivity contribution in [2.45, 2.75) is 24.8 Å². The number of hydrogen-bond donors (Lipinski definition) is 1. The monoisotopic (exact) mass is 552 g/mol. The largest absolute Gasteiger partial charge is 0.502 e. The maximum Gasteiger partial charge on any atom is 0.278 e. The van der Waals surface area contributed by atoms with E-state index in [9.17, 15) is 19.1 Å². The van der Waals surface area contributed by atoms with Gasteiger partial charge in [0.1, 0.15) is 24.6 Å². The fourth-order valence-corrected chi connectivity index (χ4v) is 6.36. The number of methoxy groups -OCH3 is 1. The van der Waals surface area contributed by atoms with Gasteiger partial charge in [-0.2, -0.15) is 0 Å². The molecule has 4 aliphatic rings. The number of ether oxygens (including phenoxy) is 3. The van der Waals surface area contributed by atoms with Gasteiger partial charge < -0.3 is 29.1 Å². The van der Waals surface area contributed by atoms with Crippen molar-refractivity contribution in [3.63, 3.8) is 0 Å². The number of fused-ring (bicyclic) bond motifs is 3. The second-order valence-corrected chi connectivity index (χ2v) is 10.2. The van der Waals surface area contributed by atoms with Gasteiger partial charge in [-0.3, -0.25) is 19.3 Å². The minimum absolute atomic E-state index is 0.0523. The molecule has 40 heavy (non-hydrogen) atoms. The number of morpholine rings is 1. The van der Waals surface area contributed by atoms with Crippen LogP contribution in [-0.2, 0) is 16.0 Å². The fourth-order valence-electron chi connectivity index (χ4n) is 6.36. The van der Waals surface area contributed by atoms with E-state index < -0.39 is 40.9 Å². The van der Waals surface area contributed by atoms with Crippen molar-refractivity contribution >= 4 is 11.6 Å². The zero-order valence-corrected chi connectivity index (χ0v) is 21.5. The molecule has 5 heterocycles. The lowest BCUT2D eigenvalue weighted by atomic mass is 9.92. The van der Waals surface area contributed by atoms with Crippen molar-refractivity contribution in [1.29, 1.82) is 0 Å². The molecule has 208 valence electrons. The Balaban J connectivity index is 1.55. The number of carbonyl (C=O) groups excluding carboxylic acids is 1. The SMILES string of the molecule is COC[C@@H]1COc2cccc3c2N1Cc1c(ccc(F)c1F)C3N1C2COCCN2C(=O)c2c(O)c(=O)ccn21. The summed E-state index contributed by atoms with van der Waals surface area (Å²) in [6, 6.07) is 8.28. The number of hydrogen-bond acceptors (Lipinski definition) is 8. The molecule has 10 nitrogen and oxygen atoms in total. The lowest BCUT2D eigenvalue weighted by molar-refractivity contribution is -0.0197. The van der Waals surface area contributed by atoms with Crippen LogP contribution in [-0.4, -0.2) is 72.9 Å². The molecular weight excluding hydrogens is 526 g/mol. The number of aromatic hydroxyl groups is 1. The number of anilines is 1. The standard InChI is InChI=1S/C28H26F2N4O6/c1-38-12-15-13-40-21-4-2-3-17-24(16-5-6-19(29)23(30)18(16)11-32(15)25(17)21)34-22-14-39-10-9-31(22)28(37)26-27(36)20(35)7-8-33(26)34/h2-8,15,22,24,36H,9-14H2,1H3/t15-,22?,24?/m1/s1. The predicted octanol–water partition coefficient (Wildman–Crippen LogP) is 2.10. The van der Waals surface area contributed by atoms with Crippen molar-refractivity contribution in [1.82, 2.24) is 9.58 Å². The summed E-state index contributed by atoms with van der Waals surface area (Å²) in [5.74, 6) is -2.55. The Hall–Kier alpha value is -4.16. The molecule has 4 aliphatic heterocycles. The average Bonchev–Trinajstić information content (AvgIpc) is 3.11. The number of aromatic nitrogens is 1. The van der Waals surface area contributed by atoms with Crippen LogP contribution in [0.3, 0.4) is 0 Å². The highest BCUT2D eigenvalue weighted by Gasteiger charge is 2.48. The maximum absolute atomic E-state index is 15.7. The van der Waals surface area contributed by atoms with Gasteiger partial charge >= 0.3 is 0 Å². The second kappa shape index (κ2) is 9.20. The van der Waals surface area contributed by atoms with Crippen LogP contribution in [0.15, 0.2) is 47.4 Å². The maximum atomic E-state index is 15.7. The molecule has 1 aromatic heterocycles. The summed E-state index contributed by atoms with van der Waals surface area (Å²) >= 11 is 0. The van der Waals surface area contributed by atoms with E-state index >= 15 is 4.39 Å². The minimum Gasteiger partial charge on any atom is -0.502 e. The van der Waals surface area contributed by atoms with Gasteiger partial charge in [0.25, 0.3) is 5.91 Å². The van der Waals surface area contributed by atoms with Crippen molar-refractivity contribution < 1.29 is 32.9 Å². The summed E-state index contributed by atoms with van der Waals surface area (Å²) in [5.41, 5.74) is 1.15. The summed E-state index contributed by atoms with van der Waals surface area (Å²) in [7, 11) is 1.57. The molecule has 2 aromatic carbocycles. The smallest absolute Gasteiger partial charge is 0.278 e. The molecule has 0 aliphatic carbocycles. The third-order valence-electron chi connectivity index (χ3n) is 8.14. The number of carbonyl (C=O) groups is 1. The number of halogens is 2. The van der Waals surface area contributed by atoms with Gasteiger partial charge in [0, 0.05) is 43.6 Å². The minimum atomic E-state index is -0.974. The van der Waals surface area contributed by atoms with Crippen LogP contribution in [0.25, 0.3) is 0 Å². The Labute approximate surface area is 227 Å². The number of para-hydroxylation sites is 1. The molecular formula is C28H26F2N4O6. The average molecular weight is 553 g/mol. The molecule has 0 saturated carbocycles. The van der Waals surface area contributed by atoms with Crippen molar-refractivity contribution in [3.05, 3.63) is 86.8 Å². The predicted molar refractivity (Wildman–Crippen MR) is 138 cm³/mol. The van der Waals surface area contributed by atoms with Crippen LogP contribution in [0, 0.1) is 11.6 Å². The van der Waals surface area contributed by atoms with E-state index in [-0.39, 0.29) is 43.6 Å². The molecule has 1 amide bonds. The van der Waals surface area contributed by atoms with Crippen molar-refractivity contribution in [2.75, 3.05) is 50.0 Å². The van der Waals surface area contributed by atoms with E-state index in [4.69, 9.17) is 14.2 Å². The first-order valence-corrected chi connectivity index (χ1v) is 13.0. The number of pyridine rings is 1. The van der Waals surface area contributed by atoms with Crippen molar-refractivity contribution in [2.24, 2.45) is 0 Å². The van der Waals surface area contributed by atoms with Gasteiger partial charge in [-0.1, -0.05) is 18.2 Å². The Kier molecular flexibility index (Phi) is 5.72. The van der Waals surface area contributed by atoms with Gasteiger partial charge in [-0.15, -0.1) is 0 Å². The number of rotatable bonds is 3. The lowest BCUT2D eigenvalue weighted by Crippen LogP contribution is -2.66.